The zero-order valence-corrected chi connectivity index (χ0v) is 17.7. The molecule has 1 atom stereocenters. The van der Waals surface area contributed by atoms with Crippen molar-refractivity contribution in [3.8, 4) is 5.75 Å². The van der Waals surface area contributed by atoms with Crippen LogP contribution in [0.3, 0.4) is 0 Å². The van der Waals surface area contributed by atoms with Gasteiger partial charge in [-0.05, 0) is 31.0 Å². The maximum atomic E-state index is 13.2. The summed E-state index contributed by atoms with van der Waals surface area (Å²) < 4.78 is 17.3. The normalized spacial score (nSPS) is 15.0. The number of nitrogens with zero attached hydrogens (tertiary/aromatic N) is 1. The molecular weight excluding hydrogens is 396 g/mol. The molecule has 31 heavy (non-hydrogen) atoms. The summed E-state index contributed by atoms with van der Waals surface area (Å²) in [5.41, 5.74) is 2.11. The fourth-order valence-electron chi connectivity index (χ4n) is 3.68. The van der Waals surface area contributed by atoms with E-state index in [4.69, 9.17) is 13.9 Å². The minimum Gasteiger partial charge on any atom is -0.475 e. The number of para-hydroxylation sites is 1. The van der Waals surface area contributed by atoms with Crippen LogP contribution >= 0.6 is 0 Å². The Balaban J connectivity index is 1.59. The van der Waals surface area contributed by atoms with E-state index in [0.29, 0.717) is 43.2 Å². The first kappa shape index (κ1) is 20.9. The van der Waals surface area contributed by atoms with Crippen LogP contribution in [0.5, 0.6) is 5.75 Å². The van der Waals surface area contributed by atoms with E-state index in [1.165, 1.54) is 0 Å². The van der Waals surface area contributed by atoms with Crippen molar-refractivity contribution in [1.82, 2.24) is 5.32 Å². The Labute approximate surface area is 180 Å². The summed E-state index contributed by atoms with van der Waals surface area (Å²) in [6.45, 7) is 5.74. The molecule has 1 aromatic heterocycles. The summed E-state index contributed by atoms with van der Waals surface area (Å²) in [6, 6.07) is 14.9. The van der Waals surface area contributed by atoms with Crippen LogP contribution in [-0.2, 0) is 9.53 Å². The molecule has 1 amide bonds. The summed E-state index contributed by atoms with van der Waals surface area (Å²) in [5, 5.41) is 3.34. The van der Waals surface area contributed by atoms with Gasteiger partial charge in [-0.3, -0.25) is 9.59 Å². The molecule has 1 saturated heterocycles. The van der Waals surface area contributed by atoms with Gasteiger partial charge in [0.15, 0.2) is 6.61 Å². The zero-order chi connectivity index (χ0) is 21.8. The van der Waals surface area contributed by atoms with Gasteiger partial charge < -0.3 is 24.1 Å². The highest BCUT2D eigenvalue weighted by molar-refractivity contribution is 5.83. The second-order valence-corrected chi connectivity index (χ2v) is 7.61. The number of morpholine rings is 1. The number of anilines is 1. The van der Waals surface area contributed by atoms with Crippen LogP contribution in [0, 0.1) is 6.92 Å². The molecule has 1 unspecified atom stereocenters. The van der Waals surface area contributed by atoms with Crippen LogP contribution in [0.2, 0.25) is 0 Å². The second-order valence-electron chi connectivity index (χ2n) is 7.61. The van der Waals surface area contributed by atoms with Crippen LogP contribution in [0.25, 0.3) is 11.0 Å². The Kier molecular flexibility index (Phi) is 6.23. The summed E-state index contributed by atoms with van der Waals surface area (Å²) in [7, 11) is 0. The number of carbonyl (C=O) groups is 1. The maximum Gasteiger partial charge on any atom is 0.258 e. The van der Waals surface area contributed by atoms with Gasteiger partial charge in [-0.1, -0.05) is 42.5 Å². The third-order valence-electron chi connectivity index (χ3n) is 5.38. The highest BCUT2D eigenvalue weighted by Gasteiger charge is 2.24. The van der Waals surface area contributed by atoms with Crippen molar-refractivity contribution in [1.29, 1.82) is 0 Å². The van der Waals surface area contributed by atoms with Crippen LogP contribution in [-0.4, -0.2) is 38.8 Å². The first-order valence-corrected chi connectivity index (χ1v) is 10.4. The standard InChI is InChI=1S/C24H26N2O5/c1-16-7-6-10-19-21(28)23(24(31-22(16)19)26-11-13-29-14-12-26)30-15-20(27)25-17(2)18-8-4-3-5-9-18/h3-10,17H,11-15H2,1-2H3,(H,25,27). The van der Waals surface area contributed by atoms with Crippen LogP contribution in [0.4, 0.5) is 5.88 Å². The molecule has 1 aliphatic heterocycles. The topological polar surface area (TPSA) is 81.0 Å². The molecule has 7 heteroatoms. The van der Waals surface area contributed by atoms with E-state index in [0.717, 1.165) is 11.1 Å². The lowest BCUT2D eigenvalue weighted by molar-refractivity contribution is -0.123. The van der Waals surface area contributed by atoms with Gasteiger partial charge in [-0.2, -0.15) is 0 Å². The van der Waals surface area contributed by atoms with Gasteiger partial charge in [0, 0.05) is 13.1 Å². The monoisotopic (exact) mass is 422 g/mol. The van der Waals surface area contributed by atoms with Crippen LogP contribution in [0.1, 0.15) is 24.1 Å². The molecule has 1 N–H and O–H groups in total. The van der Waals surface area contributed by atoms with Crippen molar-refractivity contribution in [2.24, 2.45) is 0 Å². The van der Waals surface area contributed by atoms with Gasteiger partial charge in [0.1, 0.15) is 5.58 Å². The van der Waals surface area contributed by atoms with Gasteiger partial charge in [0.2, 0.25) is 17.1 Å². The van der Waals surface area contributed by atoms with Crippen molar-refractivity contribution >= 4 is 22.8 Å². The molecule has 162 valence electrons. The number of aryl methyl sites for hydroxylation is 1. The van der Waals surface area contributed by atoms with E-state index >= 15 is 0 Å². The lowest BCUT2D eigenvalue weighted by Gasteiger charge is -2.28. The predicted molar refractivity (Wildman–Crippen MR) is 119 cm³/mol. The zero-order valence-electron chi connectivity index (χ0n) is 17.7. The minimum atomic E-state index is -0.312. The van der Waals surface area contributed by atoms with Gasteiger partial charge in [-0.15, -0.1) is 0 Å². The third-order valence-corrected chi connectivity index (χ3v) is 5.38. The number of ether oxygens (including phenoxy) is 2. The number of fused-ring (bicyclic) bond motifs is 1. The van der Waals surface area contributed by atoms with Crippen LogP contribution < -0.4 is 20.4 Å². The number of nitrogens with one attached hydrogen (secondary N) is 1. The SMILES string of the molecule is Cc1cccc2c(=O)c(OCC(=O)NC(C)c3ccccc3)c(N3CCOCC3)oc12. The Bertz CT molecular complexity index is 1120. The van der Waals surface area contributed by atoms with Crippen LogP contribution in [0.15, 0.2) is 57.7 Å². The van der Waals surface area contributed by atoms with Crippen molar-refractivity contribution in [3.05, 3.63) is 69.9 Å². The molecule has 1 aliphatic rings. The average Bonchev–Trinajstić information content (AvgIpc) is 2.80. The molecule has 0 radical (unpaired) electrons. The first-order valence-electron chi connectivity index (χ1n) is 10.4. The number of carbonyl (C=O) groups excluding carboxylic acids is 1. The lowest BCUT2D eigenvalue weighted by atomic mass is 10.1. The molecule has 7 nitrogen and oxygen atoms in total. The highest BCUT2D eigenvalue weighted by Crippen LogP contribution is 2.31. The fraction of sp³-hybridized carbons (Fsp3) is 0.333. The molecule has 0 spiro atoms. The van der Waals surface area contributed by atoms with E-state index in [-0.39, 0.29) is 29.7 Å². The number of hydrogen-bond donors (Lipinski definition) is 1. The van der Waals surface area contributed by atoms with Gasteiger partial charge in [0.05, 0.1) is 24.6 Å². The highest BCUT2D eigenvalue weighted by atomic mass is 16.5. The summed E-state index contributed by atoms with van der Waals surface area (Å²) in [4.78, 5) is 27.7. The maximum absolute atomic E-state index is 13.2. The number of hydrogen-bond acceptors (Lipinski definition) is 6. The van der Waals surface area contributed by atoms with Crippen molar-refractivity contribution in [2.75, 3.05) is 37.8 Å². The molecule has 0 aliphatic carbocycles. The number of amides is 1. The largest absolute Gasteiger partial charge is 0.475 e. The number of rotatable bonds is 6. The van der Waals surface area contributed by atoms with Crippen molar-refractivity contribution < 1.29 is 18.7 Å². The molecule has 1 fully saturated rings. The van der Waals surface area contributed by atoms with E-state index in [2.05, 4.69) is 5.32 Å². The molecular formula is C24H26N2O5. The van der Waals surface area contributed by atoms with Crippen molar-refractivity contribution in [2.45, 2.75) is 19.9 Å². The summed E-state index contributed by atoms with van der Waals surface area (Å²) >= 11 is 0. The number of benzene rings is 2. The van der Waals surface area contributed by atoms with Gasteiger partial charge in [0.25, 0.3) is 5.91 Å². The molecule has 2 heterocycles. The lowest BCUT2D eigenvalue weighted by Crippen LogP contribution is -2.37. The predicted octanol–water partition coefficient (Wildman–Crippen LogP) is 3.19. The van der Waals surface area contributed by atoms with E-state index in [1.807, 2.05) is 55.1 Å². The van der Waals surface area contributed by atoms with E-state index < -0.39 is 0 Å². The average molecular weight is 422 g/mol. The molecule has 4 rings (SSSR count). The summed E-state index contributed by atoms with van der Waals surface area (Å²) in [6.07, 6.45) is 0. The Morgan fingerprint density at radius 1 is 1.13 bits per heavy atom. The Morgan fingerprint density at radius 2 is 1.87 bits per heavy atom. The molecule has 0 bridgehead atoms. The third kappa shape index (κ3) is 4.56. The van der Waals surface area contributed by atoms with Gasteiger partial charge >= 0.3 is 0 Å². The molecule has 0 saturated carbocycles. The molecule has 2 aromatic carbocycles. The summed E-state index contributed by atoms with van der Waals surface area (Å²) in [5.74, 6) is 0.0922. The van der Waals surface area contributed by atoms with Gasteiger partial charge in [-0.25, -0.2) is 0 Å². The molecule has 3 aromatic rings. The Morgan fingerprint density at radius 3 is 2.61 bits per heavy atom. The first-order chi connectivity index (χ1) is 15.0. The minimum absolute atomic E-state index is 0.0579. The van der Waals surface area contributed by atoms with E-state index in [9.17, 15) is 9.59 Å². The van der Waals surface area contributed by atoms with E-state index in [1.54, 1.807) is 12.1 Å². The fourth-order valence-corrected chi connectivity index (χ4v) is 3.68. The Hall–Kier alpha value is -3.32. The second kappa shape index (κ2) is 9.22. The quantitative estimate of drug-likeness (QED) is 0.657. The van der Waals surface area contributed by atoms with Crippen molar-refractivity contribution in [3.63, 3.8) is 0 Å². The smallest absolute Gasteiger partial charge is 0.258 e.